The molecule has 1 aliphatic rings. The first kappa shape index (κ1) is 13.1. The summed E-state index contributed by atoms with van der Waals surface area (Å²) in [6.07, 6.45) is 3.96. The lowest BCUT2D eigenvalue weighted by molar-refractivity contribution is 0.198. The summed E-state index contributed by atoms with van der Waals surface area (Å²) in [6, 6.07) is 1.79. The van der Waals surface area contributed by atoms with E-state index in [-0.39, 0.29) is 5.69 Å². The third-order valence-corrected chi connectivity index (χ3v) is 4.04. The van der Waals surface area contributed by atoms with Crippen LogP contribution in [0.2, 0.25) is 0 Å². The third kappa shape index (κ3) is 2.67. The smallest absolute Gasteiger partial charge is 0.348 e. The predicted octanol–water partition coefficient (Wildman–Crippen LogP) is 0.561. The molecule has 108 valence electrons. The highest BCUT2D eigenvalue weighted by Gasteiger charge is 2.17. The maximum absolute atomic E-state index is 11.3. The summed E-state index contributed by atoms with van der Waals surface area (Å²) >= 11 is 0. The molecule has 2 aromatic heterocycles. The first-order valence-corrected chi connectivity index (χ1v) is 7.15. The van der Waals surface area contributed by atoms with E-state index in [1.54, 1.807) is 6.07 Å². The number of H-pyrrole nitrogens is 1. The molecule has 3 rings (SSSR count). The van der Waals surface area contributed by atoms with Crippen LogP contribution in [0.4, 0.5) is 5.82 Å². The predicted molar refractivity (Wildman–Crippen MR) is 76.9 cm³/mol. The Kier molecular flexibility index (Phi) is 3.68. The van der Waals surface area contributed by atoms with E-state index in [9.17, 15) is 4.79 Å². The largest absolute Gasteiger partial charge is 0.370 e. The second-order valence-electron chi connectivity index (χ2n) is 5.29. The number of likely N-dealkylation sites (tertiary alicyclic amines) is 1. The molecule has 1 saturated heterocycles. The van der Waals surface area contributed by atoms with Crippen molar-refractivity contribution in [3.8, 4) is 0 Å². The van der Waals surface area contributed by atoms with Crippen molar-refractivity contribution in [3.05, 3.63) is 22.9 Å². The normalized spacial score (nSPS) is 17.6. The second-order valence-corrected chi connectivity index (χ2v) is 5.29. The molecule has 0 amide bonds. The average Bonchev–Trinajstić information content (AvgIpc) is 2.87. The zero-order chi connectivity index (χ0) is 13.9. The highest BCUT2D eigenvalue weighted by atomic mass is 16.1. The van der Waals surface area contributed by atoms with E-state index < -0.39 is 0 Å². The van der Waals surface area contributed by atoms with Gasteiger partial charge in [0, 0.05) is 12.6 Å². The molecular weight excluding hydrogens is 256 g/mol. The Hall–Kier alpha value is -1.89. The number of aromatic amines is 1. The van der Waals surface area contributed by atoms with Crippen molar-refractivity contribution in [2.45, 2.75) is 19.8 Å². The van der Waals surface area contributed by atoms with Crippen molar-refractivity contribution in [1.82, 2.24) is 24.5 Å². The van der Waals surface area contributed by atoms with Gasteiger partial charge in [0.15, 0.2) is 5.65 Å². The zero-order valence-corrected chi connectivity index (χ0v) is 11.7. The quantitative estimate of drug-likeness (QED) is 0.853. The van der Waals surface area contributed by atoms with Crippen LogP contribution in [0.1, 0.15) is 19.8 Å². The van der Waals surface area contributed by atoms with Crippen molar-refractivity contribution >= 4 is 11.5 Å². The second kappa shape index (κ2) is 5.62. The molecular formula is C13H20N6O. The van der Waals surface area contributed by atoms with E-state index in [4.69, 9.17) is 0 Å². The van der Waals surface area contributed by atoms with Gasteiger partial charge in [-0.25, -0.2) is 19.3 Å². The molecule has 0 bridgehead atoms. The Morgan fingerprint density at radius 1 is 1.45 bits per heavy atom. The van der Waals surface area contributed by atoms with Crippen LogP contribution in [-0.4, -0.2) is 50.7 Å². The molecule has 0 atom stereocenters. The summed E-state index contributed by atoms with van der Waals surface area (Å²) in [5.74, 6) is 1.46. The van der Waals surface area contributed by atoms with Crippen LogP contribution in [0.5, 0.6) is 0 Å². The Morgan fingerprint density at radius 2 is 2.25 bits per heavy atom. The fraction of sp³-hybridized carbons (Fsp3) is 0.615. The Labute approximate surface area is 117 Å². The number of rotatable bonds is 4. The summed E-state index contributed by atoms with van der Waals surface area (Å²) in [7, 11) is 0. The number of nitrogens with one attached hydrogen (secondary N) is 2. The lowest BCUT2D eigenvalue weighted by Crippen LogP contribution is -2.35. The van der Waals surface area contributed by atoms with Crippen LogP contribution in [0.3, 0.4) is 0 Å². The van der Waals surface area contributed by atoms with Crippen molar-refractivity contribution in [3.63, 3.8) is 0 Å². The van der Waals surface area contributed by atoms with Crippen molar-refractivity contribution < 1.29 is 0 Å². The zero-order valence-electron chi connectivity index (χ0n) is 11.7. The number of hydrogen-bond acceptors (Lipinski definition) is 5. The van der Waals surface area contributed by atoms with Gasteiger partial charge in [-0.1, -0.05) is 6.92 Å². The van der Waals surface area contributed by atoms with E-state index in [1.165, 1.54) is 36.7 Å². The van der Waals surface area contributed by atoms with Crippen LogP contribution in [-0.2, 0) is 0 Å². The van der Waals surface area contributed by atoms with Crippen molar-refractivity contribution in [2.24, 2.45) is 5.92 Å². The Bertz CT molecular complexity index is 625. The molecule has 0 aromatic carbocycles. The molecule has 7 nitrogen and oxygen atoms in total. The Balaban J connectivity index is 1.58. The number of nitrogens with zero attached hydrogens (tertiary/aromatic N) is 4. The van der Waals surface area contributed by atoms with Gasteiger partial charge in [0.2, 0.25) is 0 Å². The first-order chi connectivity index (χ1) is 9.76. The maximum Gasteiger partial charge on any atom is 0.348 e. The topological polar surface area (TPSA) is 78.3 Å². The lowest BCUT2D eigenvalue weighted by Gasteiger charge is -2.31. The van der Waals surface area contributed by atoms with Crippen LogP contribution in [0.25, 0.3) is 5.65 Å². The lowest BCUT2D eigenvalue weighted by atomic mass is 9.97. The van der Waals surface area contributed by atoms with Gasteiger partial charge < -0.3 is 10.2 Å². The molecule has 7 heteroatoms. The molecule has 0 unspecified atom stereocenters. The van der Waals surface area contributed by atoms with Gasteiger partial charge in [0.1, 0.15) is 12.1 Å². The summed E-state index contributed by atoms with van der Waals surface area (Å²) in [4.78, 5) is 18.1. The molecule has 1 aliphatic heterocycles. The van der Waals surface area contributed by atoms with E-state index in [2.05, 4.69) is 32.3 Å². The number of hydrogen-bond donors (Lipinski definition) is 2. The minimum atomic E-state index is -0.258. The SMILES string of the molecule is CCN1CCC(CNc2cc3n[nH]c(=O)n3cn2)CC1. The van der Waals surface area contributed by atoms with Gasteiger partial charge in [-0.3, -0.25) is 0 Å². The molecule has 0 saturated carbocycles. The van der Waals surface area contributed by atoms with Gasteiger partial charge in [0.05, 0.1) is 0 Å². The highest BCUT2D eigenvalue weighted by Crippen LogP contribution is 2.17. The minimum absolute atomic E-state index is 0.258. The molecule has 2 N–H and O–H groups in total. The maximum atomic E-state index is 11.3. The van der Waals surface area contributed by atoms with E-state index >= 15 is 0 Å². The average molecular weight is 276 g/mol. The van der Waals surface area contributed by atoms with Crippen LogP contribution < -0.4 is 11.0 Å². The van der Waals surface area contributed by atoms with Crippen LogP contribution in [0, 0.1) is 5.92 Å². The standard InChI is InChI=1S/C13H20N6O/c1-2-18-5-3-10(4-6-18)8-14-11-7-12-16-17-13(20)19(12)9-15-11/h7,9-10,14H,2-6,8H2,1H3,(H,17,20). The van der Waals surface area contributed by atoms with E-state index in [0.717, 1.165) is 18.9 Å². The highest BCUT2D eigenvalue weighted by molar-refractivity contribution is 5.48. The summed E-state index contributed by atoms with van der Waals surface area (Å²) in [5.41, 5.74) is 0.333. The van der Waals surface area contributed by atoms with Gasteiger partial charge >= 0.3 is 5.69 Å². The van der Waals surface area contributed by atoms with E-state index in [0.29, 0.717) is 11.6 Å². The fourth-order valence-corrected chi connectivity index (χ4v) is 2.66. The Morgan fingerprint density at radius 3 is 3.00 bits per heavy atom. The fourth-order valence-electron chi connectivity index (χ4n) is 2.66. The number of anilines is 1. The summed E-state index contributed by atoms with van der Waals surface area (Å²) in [5, 5.41) is 9.69. The van der Waals surface area contributed by atoms with Crippen LogP contribution >= 0.6 is 0 Å². The minimum Gasteiger partial charge on any atom is -0.370 e. The number of fused-ring (bicyclic) bond motifs is 1. The van der Waals surface area contributed by atoms with Crippen LogP contribution in [0.15, 0.2) is 17.2 Å². The molecule has 0 aliphatic carbocycles. The number of aromatic nitrogens is 4. The molecule has 2 aromatic rings. The van der Waals surface area contributed by atoms with Gasteiger partial charge in [-0.15, -0.1) is 0 Å². The molecule has 1 fully saturated rings. The molecule has 0 radical (unpaired) electrons. The summed E-state index contributed by atoms with van der Waals surface area (Å²) < 4.78 is 1.39. The molecule has 20 heavy (non-hydrogen) atoms. The van der Waals surface area contributed by atoms with Gasteiger partial charge in [-0.05, 0) is 38.4 Å². The number of piperidine rings is 1. The van der Waals surface area contributed by atoms with Crippen molar-refractivity contribution in [1.29, 1.82) is 0 Å². The molecule has 0 spiro atoms. The summed E-state index contributed by atoms with van der Waals surface area (Å²) in [6.45, 7) is 6.65. The van der Waals surface area contributed by atoms with Gasteiger partial charge in [0.25, 0.3) is 0 Å². The van der Waals surface area contributed by atoms with Crippen molar-refractivity contribution in [2.75, 3.05) is 31.5 Å². The van der Waals surface area contributed by atoms with E-state index in [1.807, 2.05) is 0 Å². The monoisotopic (exact) mass is 276 g/mol. The van der Waals surface area contributed by atoms with Gasteiger partial charge in [-0.2, -0.15) is 5.10 Å². The molecule has 3 heterocycles. The first-order valence-electron chi connectivity index (χ1n) is 7.15. The third-order valence-electron chi connectivity index (χ3n) is 4.04.